The van der Waals surface area contributed by atoms with Gasteiger partial charge in [-0.15, -0.1) is 0 Å². The number of carbonyl (C=O) groups is 1. The van der Waals surface area contributed by atoms with Crippen LogP contribution in [0.25, 0.3) is 0 Å². The highest BCUT2D eigenvalue weighted by atomic mass is 16.3. The molecule has 0 aliphatic heterocycles. The lowest BCUT2D eigenvalue weighted by Gasteiger charge is -2.63. The fraction of sp³-hybridized carbons (Fsp3) is 0.947. The SMILES string of the molecule is CC(C)C(C)(C)C(=O)C[C@@H]1[C@@H](CCO)C[C@H]2C[C@@H]1C2(C)C. The quantitative estimate of drug-likeness (QED) is 0.792. The van der Waals surface area contributed by atoms with E-state index in [1.807, 2.05) is 0 Å². The average Bonchev–Trinajstić information content (AvgIpc) is 2.39. The van der Waals surface area contributed by atoms with Gasteiger partial charge in [0.25, 0.3) is 0 Å². The topological polar surface area (TPSA) is 37.3 Å². The number of fused-ring (bicyclic) bond motifs is 2. The first-order chi connectivity index (χ1) is 9.62. The molecule has 3 aliphatic carbocycles. The van der Waals surface area contributed by atoms with Gasteiger partial charge in [0.05, 0.1) is 0 Å². The van der Waals surface area contributed by atoms with Gasteiger partial charge in [0.15, 0.2) is 0 Å². The average molecular weight is 294 g/mol. The molecule has 0 heterocycles. The number of carbonyl (C=O) groups excluding carboxylic acids is 1. The molecule has 21 heavy (non-hydrogen) atoms. The molecule has 0 radical (unpaired) electrons. The van der Waals surface area contributed by atoms with Crippen LogP contribution >= 0.6 is 0 Å². The third kappa shape index (κ3) is 2.81. The van der Waals surface area contributed by atoms with Crippen molar-refractivity contribution >= 4 is 5.78 Å². The van der Waals surface area contributed by atoms with E-state index in [0.29, 0.717) is 34.9 Å². The number of hydrogen-bond acceptors (Lipinski definition) is 2. The van der Waals surface area contributed by atoms with E-state index in [1.54, 1.807) is 0 Å². The van der Waals surface area contributed by atoms with Gasteiger partial charge < -0.3 is 5.11 Å². The normalized spacial score (nSPS) is 34.7. The Kier molecular flexibility index (Phi) is 4.60. The Labute approximate surface area is 130 Å². The summed E-state index contributed by atoms with van der Waals surface area (Å²) < 4.78 is 0. The lowest BCUT2D eigenvalue weighted by atomic mass is 9.42. The maximum absolute atomic E-state index is 12.8. The summed E-state index contributed by atoms with van der Waals surface area (Å²) in [5.74, 6) is 3.34. The Hall–Kier alpha value is -0.370. The predicted molar refractivity (Wildman–Crippen MR) is 86.9 cm³/mol. The predicted octanol–water partition coefficient (Wildman–Crippen LogP) is 4.31. The molecular formula is C19H34O2. The third-order valence-electron chi connectivity index (χ3n) is 7.34. The molecule has 122 valence electrons. The molecule has 0 aromatic carbocycles. The summed E-state index contributed by atoms with van der Waals surface area (Å²) in [6, 6.07) is 0. The van der Waals surface area contributed by atoms with Crippen LogP contribution in [0, 0.1) is 40.4 Å². The summed E-state index contributed by atoms with van der Waals surface area (Å²) in [6.45, 7) is 13.5. The summed E-state index contributed by atoms with van der Waals surface area (Å²) in [7, 11) is 0. The second-order valence-corrected chi connectivity index (χ2v) is 9.04. The van der Waals surface area contributed by atoms with E-state index in [1.165, 1.54) is 12.8 Å². The monoisotopic (exact) mass is 294 g/mol. The van der Waals surface area contributed by atoms with Gasteiger partial charge in [0.2, 0.25) is 0 Å². The van der Waals surface area contributed by atoms with Crippen LogP contribution in [0.15, 0.2) is 0 Å². The van der Waals surface area contributed by atoms with E-state index >= 15 is 0 Å². The fourth-order valence-electron chi connectivity index (χ4n) is 4.66. The van der Waals surface area contributed by atoms with Gasteiger partial charge in [-0.3, -0.25) is 4.79 Å². The van der Waals surface area contributed by atoms with Gasteiger partial charge in [0, 0.05) is 18.4 Å². The van der Waals surface area contributed by atoms with Gasteiger partial charge in [-0.2, -0.15) is 0 Å². The smallest absolute Gasteiger partial charge is 0.139 e. The first-order valence-corrected chi connectivity index (χ1v) is 8.76. The Bertz CT molecular complexity index is 394. The lowest BCUT2D eigenvalue weighted by molar-refractivity contribution is -0.153. The van der Waals surface area contributed by atoms with Crippen molar-refractivity contribution in [1.82, 2.24) is 0 Å². The van der Waals surface area contributed by atoms with E-state index in [9.17, 15) is 9.90 Å². The summed E-state index contributed by atoms with van der Waals surface area (Å²) in [6.07, 6.45) is 4.11. The molecule has 3 saturated carbocycles. The molecule has 3 rings (SSSR count). The molecule has 0 aromatic rings. The number of aliphatic hydroxyl groups is 1. The van der Waals surface area contributed by atoms with Crippen molar-refractivity contribution in [3.63, 3.8) is 0 Å². The minimum absolute atomic E-state index is 0.228. The second-order valence-electron chi connectivity index (χ2n) is 9.04. The van der Waals surface area contributed by atoms with E-state index in [0.717, 1.165) is 18.8 Å². The van der Waals surface area contributed by atoms with E-state index in [-0.39, 0.29) is 12.0 Å². The van der Waals surface area contributed by atoms with Gasteiger partial charge >= 0.3 is 0 Å². The Balaban J connectivity index is 2.13. The van der Waals surface area contributed by atoms with Crippen LogP contribution in [-0.2, 0) is 4.79 Å². The van der Waals surface area contributed by atoms with Crippen LogP contribution in [0.3, 0.4) is 0 Å². The van der Waals surface area contributed by atoms with Crippen LogP contribution in [0.1, 0.15) is 67.2 Å². The van der Waals surface area contributed by atoms with Crippen LogP contribution < -0.4 is 0 Å². The highest BCUT2D eigenvalue weighted by Gasteiger charge is 2.57. The molecule has 1 N–H and O–H groups in total. The second kappa shape index (κ2) is 5.68. The largest absolute Gasteiger partial charge is 0.396 e. The highest BCUT2D eigenvalue weighted by Crippen LogP contribution is 2.64. The molecule has 0 spiro atoms. The molecule has 0 amide bonds. The molecule has 0 aromatic heterocycles. The zero-order valence-electron chi connectivity index (χ0n) is 14.8. The van der Waals surface area contributed by atoms with Crippen molar-refractivity contribution in [2.45, 2.75) is 67.2 Å². The molecule has 2 bridgehead atoms. The zero-order valence-corrected chi connectivity index (χ0v) is 14.8. The maximum atomic E-state index is 12.8. The zero-order chi connectivity index (χ0) is 16.0. The molecular weight excluding hydrogens is 260 g/mol. The highest BCUT2D eigenvalue weighted by molar-refractivity contribution is 5.84. The molecule has 0 saturated heterocycles. The number of Topliss-reactive ketones (excluding diaryl/α,β-unsaturated/α-hetero) is 1. The van der Waals surface area contributed by atoms with Gasteiger partial charge in [-0.25, -0.2) is 0 Å². The van der Waals surface area contributed by atoms with Crippen LogP contribution in [0.4, 0.5) is 0 Å². The molecule has 3 aliphatic rings. The molecule has 4 atom stereocenters. The van der Waals surface area contributed by atoms with Crippen molar-refractivity contribution in [3.05, 3.63) is 0 Å². The van der Waals surface area contributed by atoms with Crippen molar-refractivity contribution < 1.29 is 9.90 Å². The van der Waals surface area contributed by atoms with Crippen molar-refractivity contribution in [1.29, 1.82) is 0 Å². The van der Waals surface area contributed by atoms with Crippen molar-refractivity contribution in [3.8, 4) is 0 Å². The summed E-state index contributed by atoms with van der Waals surface area (Å²) in [5, 5.41) is 9.36. The molecule has 3 fully saturated rings. The molecule has 0 unspecified atom stereocenters. The number of rotatable bonds is 6. The van der Waals surface area contributed by atoms with E-state index in [4.69, 9.17) is 0 Å². The van der Waals surface area contributed by atoms with Crippen LogP contribution in [0.2, 0.25) is 0 Å². The first-order valence-electron chi connectivity index (χ1n) is 8.76. The molecule has 2 nitrogen and oxygen atoms in total. The minimum Gasteiger partial charge on any atom is -0.396 e. The summed E-state index contributed by atoms with van der Waals surface area (Å²) in [4.78, 5) is 12.8. The number of hydrogen-bond donors (Lipinski definition) is 1. The molecule has 2 heteroatoms. The number of ketones is 1. The third-order valence-corrected chi connectivity index (χ3v) is 7.34. The summed E-state index contributed by atoms with van der Waals surface area (Å²) in [5.41, 5.74) is 0.174. The Morgan fingerprint density at radius 2 is 1.90 bits per heavy atom. The van der Waals surface area contributed by atoms with Gasteiger partial charge in [0.1, 0.15) is 5.78 Å². The lowest BCUT2D eigenvalue weighted by Crippen LogP contribution is -2.56. The van der Waals surface area contributed by atoms with Crippen LogP contribution in [-0.4, -0.2) is 17.5 Å². The Morgan fingerprint density at radius 3 is 2.38 bits per heavy atom. The standard InChI is InChI=1S/C19H34O2/c1-12(2)18(3,4)17(21)11-15-13(7-8-20)9-14-10-16(15)19(14,5)6/h12-16,20H,7-11H2,1-6H3/t13-,14-,15+,16-/m0/s1. The van der Waals surface area contributed by atoms with Crippen molar-refractivity contribution in [2.24, 2.45) is 40.4 Å². The summed E-state index contributed by atoms with van der Waals surface area (Å²) >= 11 is 0. The van der Waals surface area contributed by atoms with Gasteiger partial charge in [-0.1, -0.05) is 41.5 Å². The Morgan fingerprint density at radius 1 is 1.29 bits per heavy atom. The first kappa shape index (κ1) is 17.0. The van der Waals surface area contributed by atoms with E-state index in [2.05, 4.69) is 41.5 Å². The van der Waals surface area contributed by atoms with Crippen LogP contribution in [0.5, 0.6) is 0 Å². The minimum atomic E-state index is -0.228. The fourth-order valence-corrected chi connectivity index (χ4v) is 4.66. The maximum Gasteiger partial charge on any atom is 0.139 e. The number of aliphatic hydroxyl groups excluding tert-OH is 1. The van der Waals surface area contributed by atoms with Gasteiger partial charge in [-0.05, 0) is 54.3 Å². The van der Waals surface area contributed by atoms with E-state index < -0.39 is 0 Å². The van der Waals surface area contributed by atoms with Crippen molar-refractivity contribution in [2.75, 3.05) is 6.61 Å².